The maximum atomic E-state index is 12.1. The molecular formula is C15H23NO4S. The third kappa shape index (κ3) is 5.47. The highest BCUT2D eigenvalue weighted by molar-refractivity contribution is 7.89. The van der Waals surface area contributed by atoms with Crippen LogP contribution in [-0.4, -0.2) is 43.1 Å². The summed E-state index contributed by atoms with van der Waals surface area (Å²) < 4.78 is 25.5. The summed E-state index contributed by atoms with van der Waals surface area (Å²) in [5, 5.41) is 9.10. The number of likely N-dealkylation sites (N-methyl/N-ethyl adjacent to an activating group) is 1. The Morgan fingerprint density at radius 3 is 2.48 bits per heavy atom. The molecule has 0 saturated heterocycles. The Bertz CT molecular complexity index is 581. The molecule has 0 bridgehead atoms. The average Bonchev–Trinajstić information content (AvgIpc) is 2.42. The van der Waals surface area contributed by atoms with Crippen LogP contribution in [0.2, 0.25) is 0 Å². The molecule has 0 saturated carbocycles. The molecule has 1 aromatic carbocycles. The molecule has 0 atom stereocenters. The zero-order chi connectivity index (χ0) is 16.0. The molecule has 1 rings (SSSR count). The number of hydrogen-bond donors (Lipinski definition) is 1. The van der Waals surface area contributed by atoms with E-state index in [0.717, 1.165) is 0 Å². The first kappa shape index (κ1) is 17.7. The quantitative estimate of drug-likeness (QED) is 0.798. The highest BCUT2D eigenvalue weighted by Gasteiger charge is 2.19. The summed E-state index contributed by atoms with van der Waals surface area (Å²) in [5.74, 6) is -0.529. The van der Waals surface area contributed by atoms with Crippen molar-refractivity contribution in [1.82, 2.24) is 4.31 Å². The van der Waals surface area contributed by atoms with Crippen molar-refractivity contribution in [3.63, 3.8) is 0 Å². The van der Waals surface area contributed by atoms with E-state index in [1.54, 1.807) is 25.2 Å². The molecule has 0 spiro atoms. The first-order chi connectivity index (χ1) is 9.74. The van der Waals surface area contributed by atoms with Crippen LogP contribution in [0.25, 0.3) is 0 Å². The van der Waals surface area contributed by atoms with Gasteiger partial charge in [-0.05, 0) is 30.4 Å². The number of benzene rings is 1. The summed E-state index contributed by atoms with van der Waals surface area (Å²) in [5.41, 5.74) is 0.876. The van der Waals surface area contributed by atoms with Crippen molar-refractivity contribution >= 4 is 16.0 Å². The van der Waals surface area contributed by atoms with Crippen molar-refractivity contribution in [2.45, 2.75) is 26.7 Å². The number of carboxylic acids is 1. The standard InChI is InChI=1S/C15H23NO4S/c1-12(2)9-11-21(19,20)16(3)10-8-13-6-4-5-7-14(13)15(17)18/h4-7,12H,8-11H2,1-3H3,(H,17,18). The van der Waals surface area contributed by atoms with Gasteiger partial charge in [0.25, 0.3) is 0 Å². The second-order valence-electron chi connectivity index (χ2n) is 5.53. The van der Waals surface area contributed by atoms with Crippen molar-refractivity contribution in [2.75, 3.05) is 19.3 Å². The van der Waals surface area contributed by atoms with Crippen LogP contribution in [0.15, 0.2) is 24.3 Å². The SMILES string of the molecule is CC(C)CCS(=O)(=O)N(C)CCc1ccccc1C(=O)O. The summed E-state index contributed by atoms with van der Waals surface area (Å²) in [6.07, 6.45) is 1.01. The van der Waals surface area contributed by atoms with Gasteiger partial charge in [-0.2, -0.15) is 0 Å². The van der Waals surface area contributed by atoms with E-state index in [9.17, 15) is 13.2 Å². The smallest absolute Gasteiger partial charge is 0.335 e. The predicted octanol–water partition coefficient (Wildman–Crippen LogP) is 2.23. The number of aromatic carboxylic acids is 1. The van der Waals surface area contributed by atoms with Gasteiger partial charge in [-0.1, -0.05) is 32.0 Å². The van der Waals surface area contributed by atoms with Crippen LogP contribution < -0.4 is 0 Å². The lowest BCUT2D eigenvalue weighted by molar-refractivity contribution is 0.0695. The summed E-state index contributed by atoms with van der Waals surface area (Å²) in [4.78, 5) is 11.1. The van der Waals surface area contributed by atoms with E-state index in [1.165, 1.54) is 10.4 Å². The van der Waals surface area contributed by atoms with Crippen LogP contribution in [0.3, 0.4) is 0 Å². The van der Waals surface area contributed by atoms with Crippen molar-refractivity contribution in [3.8, 4) is 0 Å². The van der Waals surface area contributed by atoms with Crippen LogP contribution in [0.4, 0.5) is 0 Å². The van der Waals surface area contributed by atoms with Gasteiger partial charge in [0.15, 0.2) is 0 Å². The van der Waals surface area contributed by atoms with Gasteiger partial charge in [-0.15, -0.1) is 0 Å². The summed E-state index contributed by atoms with van der Waals surface area (Å²) >= 11 is 0. The lowest BCUT2D eigenvalue weighted by Crippen LogP contribution is -2.31. The zero-order valence-electron chi connectivity index (χ0n) is 12.7. The Labute approximate surface area is 126 Å². The van der Waals surface area contributed by atoms with E-state index in [4.69, 9.17) is 5.11 Å². The van der Waals surface area contributed by atoms with Crippen LogP contribution in [-0.2, 0) is 16.4 Å². The van der Waals surface area contributed by atoms with Crippen molar-refractivity contribution in [3.05, 3.63) is 35.4 Å². The maximum absolute atomic E-state index is 12.1. The monoisotopic (exact) mass is 313 g/mol. The van der Waals surface area contributed by atoms with E-state index in [2.05, 4.69) is 0 Å². The Morgan fingerprint density at radius 2 is 1.90 bits per heavy atom. The van der Waals surface area contributed by atoms with Gasteiger partial charge in [0.1, 0.15) is 0 Å². The molecular weight excluding hydrogens is 290 g/mol. The van der Waals surface area contributed by atoms with Gasteiger partial charge in [0.05, 0.1) is 11.3 Å². The predicted molar refractivity (Wildman–Crippen MR) is 83.0 cm³/mol. The molecule has 21 heavy (non-hydrogen) atoms. The van der Waals surface area contributed by atoms with Crippen LogP contribution >= 0.6 is 0 Å². The Hall–Kier alpha value is -1.40. The highest BCUT2D eigenvalue weighted by atomic mass is 32.2. The van der Waals surface area contributed by atoms with Crippen molar-refractivity contribution in [2.24, 2.45) is 5.92 Å². The van der Waals surface area contributed by atoms with Gasteiger partial charge in [-0.3, -0.25) is 0 Å². The molecule has 1 N–H and O–H groups in total. The molecule has 0 unspecified atom stereocenters. The third-order valence-electron chi connectivity index (χ3n) is 3.37. The van der Waals surface area contributed by atoms with E-state index >= 15 is 0 Å². The van der Waals surface area contributed by atoms with E-state index in [0.29, 0.717) is 24.3 Å². The van der Waals surface area contributed by atoms with E-state index in [-0.39, 0.29) is 17.9 Å². The second kappa shape index (κ2) is 7.56. The molecule has 5 nitrogen and oxygen atoms in total. The fourth-order valence-corrected chi connectivity index (χ4v) is 3.35. The Balaban J connectivity index is 2.69. The fourth-order valence-electron chi connectivity index (χ4n) is 1.90. The molecule has 0 radical (unpaired) electrons. The van der Waals surface area contributed by atoms with Gasteiger partial charge >= 0.3 is 5.97 Å². The molecule has 0 amide bonds. The number of nitrogens with zero attached hydrogens (tertiary/aromatic N) is 1. The van der Waals surface area contributed by atoms with Crippen LogP contribution in [0, 0.1) is 5.92 Å². The lowest BCUT2D eigenvalue weighted by atomic mass is 10.1. The van der Waals surface area contributed by atoms with E-state index in [1.807, 2.05) is 13.8 Å². The van der Waals surface area contributed by atoms with Crippen LogP contribution in [0.5, 0.6) is 0 Å². The minimum absolute atomic E-state index is 0.127. The first-order valence-corrected chi connectivity index (χ1v) is 8.60. The third-order valence-corrected chi connectivity index (χ3v) is 5.26. The lowest BCUT2D eigenvalue weighted by Gasteiger charge is -2.18. The minimum atomic E-state index is -3.27. The molecule has 0 heterocycles. The molecule has 118 valence electrons. The molecule has 0 aliphatic carbocycles. The van der Waals surface area contributed by atoms with Crippen molar-refractivity contribution in [1.29, 1.82) is 0 Å². The Morgan fingerprint density at radius 1 is 1.29 bits per heavy atom. The van der Waals surface area contributed by atoms with Gasteiger partial charge in [0, 0.05) is 13.6 Å². The number of rotatable bonds is 8. The average molecular weight is 313 g/mol. The molecule has 0 aliphatic rings. The van der Waals surface area contributed by atoms with Gasteiger partial charge < -0.3 is 5.11 Å². The molecule has 0 aromatic heterocycles. The molecule has 0 aliphatic heterocycles. The zero-order valence-corrected chi connectivity index (χ0v) is 13.6. The highest BCUT2D eigenvalue weighted by Crippen LogP contribution is 2.12. The molecule has 0 fully saturated rings. The van der Waals surface area contributed by atoms with Gasteiger partial charge in [-0.25, -0.2) is 17.5 Å². The van der Waals surface area contributed by atoms with Crippen molar-refractivity contribution < 1.29 is 18.3 Å². The number of carboxylic acid groups (broad SMARTS) is 1. The summed E-state index contributed by atoms with van der Waals surface area (Å²) in [7, 11) is -1.73. The molecule has 1 aromatic rings. The van der Waals surface area contributed by atoms with Crippen LogP contribution in [0.1, 0.15) is 36.2 Å². The topological polar surface area (TPSA) is 74.7 Å². The number of sulfonamides is 1. The largest absolute Gasteiger partial charge is 0.478 e. The number of carbonyl (C=O) groups is 1. The van der Waals surface area contributed by atoms with Gasteiger partial charge in [0.2, 0.25) is 10.0 Å². The minimum Gasteiger partial charge on any atom is -0.478 e. The normalized spacial score (nSPS) is 12.0. The van der Waals surface area contributed by atoms with E-state index < -0.39 is 16.0 Å². The number of hydrogen-bond acceptors (Lipinski definition) is 3. The first-order valence-electron chi connectivity index (χ1n) is 6.99. The summed E-state index contributed by atoms with van der Waals surface area (Å²) in [6.45, 7) is 4.25. The Kier molecular flexibility index (Phi) is 6.36. The fraction of sp³-hybridized carbons (Fsp3) is 0.533. The summed E-state index contributed by atoms with van der Waals surface area (Å²) in [6, 6.07) is 6.67. The molecule has 6 heteroatoms. The maximum Gasteiger partial charge on any atom is 0.335 e. The second-order valence-corrected chi connectivity index (χ2v) is 7.73.